The van der Waals surface area contributed by atoms with Gasteiger partial charge in [0.25, 0.3) is 0 Å². The molecule has 0 unspecified atom stereocenters. The lowest BCUT2D eigenvalue weighted by atomic mass is 10.1. The largest absolute Gasteiger partial charge is 0.481 e. The second-order valence-corrected chi connectivity index (χ2v) is 5.21. The van der Waals surface area contributed by atoms with E-state index in [9.17, 15) is 4.79 Å². The molecule has 2 aromatic heterocycles. The maximum atomic E-state index is 10.5. The maximum absolute atomic E-state index is 10.5. The number of aliphatic carboxylic acids is 1. The number of thiazole rings is 1. The molecule has 6 heteroatoms. The summed E-state index contributed by atoms with van der Waals surface area (Å²) in [6.07, 6.45) is 3.32. The number of aromatic nitrogens is 2. The van der Waals surface area contributed by atoms with Crippen molar-refractivity contribution in [1.82, 2.24) is 9.97 Å². The topological polar surface area (TPSA) is 75.1 Å². The van der Waals surface area contributed by atoms with Crippen molar-refractivity contribution in [3.8, 4) is 0 Å². The monoisotopic (exact) mass is 291 g/mol. The molecule has 0 amide bonds. The molecule has 0 fully saturated rings. The van der Waals surface area contributed by atoms with Gasteiger partial charge in [-0.1, -0.05) is 13.0 Å². The number of pyridine rings is 1. The summed E-state index contributed by atoms with van der Waals surface area (Å²) in [7, 11) is 0. The molecule has 5 nitrogen and oxygen atoms in total. The Morgan fingerprint density at radius 1 is 1.50 bits per heavy atom. The molecule has 20 heavy (non-hydrogen) atoms. The molecule has 0 saturated heterocycles. The van der Waals surface area contributed by atoms with Gasteiger partial charge in [-0.3, -0.25) is 9.78 Å². The smallest absolute Gasteiger partial charge is 0.303 e. The number of carbonyl (C=O) groups is 1. The highest BCUT2D eigenvalue weighted by atomic mass is 32.1. The van der Waals surface area contributed by atoms with Crippen molar-refractivity contribution in [3.05, 3.63) is 40.7 Å². The van der Waals surface area contributed by atoms with Crippen LogP contribution in [0.5, 0.6) is 0 Å². The average Bonchev–Trinajstić information content (AvgIpc) is 2.91. The van der Waals surface area contributed by atoms with E-state index in [4.69, 9.17) is 5.11 Å². The number of nitrogens with zero attached hydrogens (tertiary/aromatic N) is 2. The van der Waals surface area contributed by atoms with Gasteiger partial charge < -0.3 is 10.4 Å². The second-order valence-electron chi connectivity index (χ2n) is 4.35. The minimum absolute atomic E-state index is 0.114. The molecule has 0 spiro atoms. The van der Waals surface area contributed by atoms with Gasteiger partial charge >= 0.3 is 5.97 Å². The molecule has 0 aliphatic carbocycles. The summed E-state index contributed by atoms with van der Waals surface area (Å²) in [4.78, 5) is 19.2. The van der Waals surface area contributed by atoms with Gasteiger partial charge in [-0.2, -0.15) is 0 Å². The first-order chi connectivity index (χ1) is 9.69. The van der Waals surface area contributed by atoms with Crippen LogP contribution in [0.25, 0.3) is 0 Å². The van der Waals surface area contributed by atoms with Gasteiger partial charge in [0.2, 0.25) is 0 Å². The van der Waals surface area contributed by atoms with Crippen LogP contribution in [0, 0.1) is 0 Å². The normalized spacial score (nSPS) is 10.4. The van der Waals surface area contributed by atoms with E-state index in [0.29, 0.717) is 13.0 Å². The number of nitrogens with one attached hydrogen (secondary N) is 1. The predicted octanol–water partition coefficient (Wildman–Crippen LogP) is 2.73. The molecule has 2 heterocycles. The molecule has 0 bridgehead atoms. The van der Waals surface area contributed by atoms with E-state index in [0.717, 1.165) is 22.9 Å². The lowest BCUT2D eigenvalue weighted by Crippen LogP contribution is -2.05. The quantitative estimate of drug-likeness (QED) is 0.820. The molecule has 0 radical (unpaired) electrons. The summed E-state index contributed by atoms with van der Waals surface area (Å²) in [6.45, 7) is 2.74. The van der Waals surface area contributed by atoms with E-state index >= 15 is 0 Å². The van der Waals surface area contributed by atoms with E-state index < -0.39 is 5.97 Å². The fourth-order valence-corrected chi connectivity index (χ4v) is 2.59. The zero-order valence-corrected chi connectivity index (χ0v) is 12.1. The van der Waals surface area contributed by atoms with Crippen LogP contribution in [-0.2, 0) is 24.2 Å². The molecule has 2 aromatic rings. The Balaban J connectivity index is 1.92. The van der Waals surface area contributed by atoms with Crippen molar-refractivity contribution in [2.75, 3.05) is 5.32 Å². The first-order valence-electron chi connectivity index (χ1n) is 6.52. The summed E-state index contributed by atoms with van der Waals surface area (Å²) in [6, 6.07) is 4.01. The summed E-state index contributed by atoms with van der Waals surface area (Å²) in [5.74, 6) is -0.798. The van der Waals surface area contributed by atoms with E-state index in [1.54, 1.807) is 6.20 Å². The molecular weight excluding hydrogens is 274 g/mol. The van der Waals surface area contributed by atoms with E-state index in [-0.39, 0.29) is 6.42 Å². The van der Waals surface area contributed by atoms with Gasteiger partial charge in [0, 0.05) is 18.0 Å². The van der Waals surface area contributed by atoms with Crippen LogP contribution in [0.15, 0.2) is 23.7 Å². The summed E-state index contributed by atoms with van der Waals surface area (Å²) < 4.78 is 0. The third kappa shape index (κ3) is 4.03. The van der Waals surface area contributed by atoms with Gasteiger partial charge in [-0.05, 0) is 18.1 Å². The van der Waals surface area contributed by atoms with Gasteiger partial charge in [-0.25, -0.2) is 4.98 Å². The van der Waals surface area contributed by atoms with E-state index in [1.807, 2.05) is 11.4 Å². The van der Waals surface area contributed by atoms with Crippen LogP contribution in [-0.4, -0.2) is 21.0 Å². The highest BCUT2D eigenvalue weighted by molar-refractivity contribution is 7.13. The fraction of sp³-hybridized carbons (Fsp3) is 0.357. The van der Waals surface area contributed by atoms with Gasteiger partial charge in [0.05, 0.1) is 24.4 Å². The van der Waals surface area contributed by atoms with Crippen molar-refractivity contribution in [3.63, 3.8) is 0 Å². The van der Waals surface area contributed by atoms with Crippen LogP contribution < -0.4 is 5.32 Å². The minimum Gasteiger partial charge on any atom is -0.481 e. The van der Waals surface area contributed by atoms with Crippen molar-refractivity contribution in [2.24, 2.45) is 0 Å². The molecule has 0 aromatic carbocycles. The SMILES string of the molecule is CCc1cccnc1CNc1nc(CCC(=O)O)cs1. The number of aryl methyl sites for hydroxylation is 2. The molecule has 0 saturated carbocycles. The molecule has 0 atom stereocenters. The van der Waals surface area contributed by atoms with Crippen LogP contribution >= 0.6 is 11.3 Å². The maximum Gasteiger partial charge on any atom is 0.303 e. The van der Waals surface area contributed by atoms with Crippen molar-refractivity contribution in [1.29, 1.82) is 0 Å². The molecule has 0 aliphatic heterocycles. The van der Waals surface area contributed by atoms with Crippen LogP contribution in [0.4, 0.5) is 5.13 Å². The lowest BCUT2D eigenvalue weighted by molar-refractivity contribution is -0.136. The average molecular weight is 291 g/mol. The minimum atomic E-state index is -0.798. The Bertz CT molecular complexity index is 583. The zero-order chi connectivity index (χ0) is 14.4. The molecular formula is C14H17N3O2S. The number of hydrogen-bond acceptors (Lipinski definition) is 5. The number of carboxylic acids is 1. The van der Waals surface area contributed by atoms with Crippen LogP contribution in [0.2, 0.25) is 0 Å². The first-order valence-corrected chi connectivity index (χ1v) is 7.40. The number of carboxylic acid groups (broad SMARTS) is 1. The standard InChI is InChI=1S/C14H17N3O2S/c1-2-10-4-3-7-15-12(10)8-16-14-17-11(9-20-14)5-6-13(18)19/h3-4,7,9H,2,5-6,8H2,1H3,(H,16,17)(H,18,19). The Morgan fingerprint density at radius 2 is 2.35 bits per heavy atom. The Labute approximate surface area is 121 Å². The van der Waals surface area contributed by atoms with Crippen molar-refractivity contribution in [2.45, 2.75) is 32.7 Å². The van der Waals surface area contributed by atoms with Gasteiger partial charge in [0.15, 0.2) is 5.13 Å². The number of hydrogen-bond donors (Lipinski definition) is 2. The third-order valence-electron chi connectivity index (χ3n) is 2.92. The molecule has 106 valence electrons. The zero-order valence-electron chi connectivity index (χ0n) is 11.3. The summed E-state index contributed by atoms with van der Waals surface area (Å²) >= 11 is 1.49. The van der Waals surface area contributed by atoms with Crippen molar-refractivity contribution < 1.29 is 9.90 Å². The van der Waals surface area contributed by atoms with E-state index in [1.165, 1.54) is 16.9 Å². The summed E-state index contributed by atoms with van der Waals surface area (Å²) in [5.41, 5.74) is 3.07. The Kier molecular flexibility index (Phi) is 5.06. The van der Waals surface area contributed by atoms with Gasteiger partial charge in [0.1, 0.15) is 0 Å². The van der Waals surface area contributed by atoms with Crippen LogP contribution in [0.1, 0.15) is 30.3 Å². The highest BCUT2D eigenvalue weighted by Crippen LogP contribution is 2.18. The predicted molar refractivity (Wildman–Crippen MR) is 79.0 cm³/mol. The number of anilines is 1. The second kappa shape index (κ2) is 7.00. The lowest BCUT2D eigenvalue weighted by Gasteiger charge is -2.06. The van der Waals surface area contributed by atoms with Gasteiger partial charge in [-0.15, -0.1) is 11.3 Å². The Hall–Kier alpha value is -1.95. The molecule has 0 aliphatic rings. The van der Waals surface area contributed by atoms with Crippen molar-refractivity contribution >= 4 is 22.4 Å². The fourth-order valence-electron chi connectivity index (χ4n) is 1.85. The third-order valence-corrected chi connectivity index (χ3v) is 3.77. The highest BCUT2D eigenvalue weighted by Gasteiger charge is 2.06. The van der Waals surface area contributed by atoms with E-state index in [2.05, 4.69) is 28.3 Å². The first kappa shape index (κ1) is 14.5. The van der Waals surface area contributed by atoms with Crippen LogP contribution in [0.3, 0.4) is 0 Å². The Morgan fingerprint density at radius 3 is 3.10 bits per heavy atom. The summed E-state index contributed by atoms with van der Waals surface area (Å²) in [5, 5.41) is 14.6. The molecule has 2 N–H and O–H groups in total. The molecule has 2 rings (SSSR count). The number of rotatable bonds is 7.